The Labute approximate surface area is 174 Å². The molecule has 0 aliphatic heterocycles. The first-order valence-electron chi connectivity index (χ1n) is 8.38. The molecule has 1 heterocycles. The smallest absolute Gasteiger partial charge is 0.322 e. The Hall–Kier alpha value is -3.99. The van der Waals surface area contributed by atoms with Crippen molar-refractivity contribution in [3.8, 4) is 11.5 Å². The van der Waals surface area contributed by atoms with E-state index in [2.05, 4.69) is 10.4 Å². The van der Waals surface area contributed by atoms with Crippen LogP contribution in [0.4, 0.5) is 17.1 Å². The first kappa shape index (κ1) is 20.7. The van der Waals surface area contributed by atoms with Crippen LogP contribution in [0.25, 0.3) is 0 Å². The van der Waals surface area contributed by atoms with Crippen molar-refractivity contribution in [3.05, 3.63) is 79.1 Å². The summed E-state index contributed by atoms with van der Waals surface area (Å²) in [6, 6.07) is 9.94. The molecule has 12 heteroatoms. The lowest BCUT2D eigenvalue weighted by Crippen LogP contribution is -2.14. The largest absolute Gasteiger partial charge is 0.457 e. The molecule has 1 amide bonds. The number of nitrogens with one attached hydrogen (secondary N) is 1. The van der Waals surface area contributed by atoms with Gasteiger partial charge in [-0.1, -0.05) is 11.6 Å². The van der Waals surface area contributed by atoms with Gasteiger partial charge in [0.15, 0.2) is 0 Å². The van der Waals surface area contributed by atoms with Gasteiger partial charge in [0.2, 0.25) is 5.69 Å². The number of amides is 1. The minimum atomic E-state index is -0.886. The van der Waals surface area contributed by atoms with E-state index in [0.29, 0.717) is 10.8 Å². The lowest BCUT2D eigenvalue weighted by atomic mass is 10.2. The molecule has 30 heavy (non-hydrogen) atoms. The zero-order valence-corrected chi connectivity index (χ0v) is 16.4. The van der Waals surface area contributed by atoms with Gasteiger partial charge in [-0.2, -0.15) is 5.10 Å². The summed E-state index contributed by atoms with van der Waals surface area (Å²) < 4.78 is 6.80. The summed E-state index contributed by atoms with van der Waals surface area (Å²) in [6.07, 6.45) is 0. The summed E-state index contributed by atoms with van der Waals surface area (Å²) in [7, 11) is 1.46. The number of benzene rings is 2. The average molecular weight is 432 g/mol. The Morgan fingerprint density at radius 1 is 1.10 bits per heavy atom. The Balaban J connectivity index is 1.94. The monoisotopic (exact) mass is 431 g/mol. The molecule has 0 aliphatic carbocycles. The van der Waals surface area contributed by atoms with Crippen molar-refractivity contribution >= 4 is 34.6 Å². The minimum absolute atomic E-state index is 0.00997. The van der Waals surface area contributed by atoms with Crippen LogP contribution in [0.5, 0.6) is 11.5 Å². The van der Waals surface area contributed by atoms with E-state index in [0.717, 1.165) is 6.07 Å². The van der Waals surface area contributed by atoms with Gasteiger partial charge in [-0.05, 0) is 31.2 Å². The van der Waals surface area contributed by atoms with Crippen molar-refractivity contribution in [2.75, 3.05) is 5.32 Å². The topological polar surface area (TPSA) is 142 Å². The molecule has 3 aromatic rings. The van der Waals surface area contributed by atoms with Crippen LogP contribution in [0, 0.1) is 27.2 Å². The second-order valence-corrected chi connectivity index (χ2v) is 6.58. The van der Waals surface area contributed by atoms with Gasteiger partial charge in [-0.15, -0.1) is 0 Å². The van der Waals surface area contributed by atoms with Crippen LogP contribution in [0.15, 0.2) is 42.5 Å². The normalized spacial score (nSPS) is 10.5. The highest BCUT2D eigenvalue weighted by Crippen LogP contribution is 2.31. The fraction of sp³-hybridized carbons (Fsp3) is 0.111. The SMILES string of the molecule is Cc1c([N+](=O)[O-])c(C(=O)Nc2cc(Oc3ccc(Cl)cc3)cc([N+](=O)[O-])c2)nn1C. The lowest BCUT2D eigenvalue weighted by molar-refractivity contribution is -0.385. The maximum atomic E-state index is 12.6. The van der Waals surface area contributed by atoms with E-state index in [9.17, 15) is 25.0 Å². The molecule has 11 nitrogen and oxygen atoms in total. The first-order chi connectivity index (χ1) is 14.2. The van der Waals surface area contributed by atoms with Gasteiger partial charge in [0, 0.05) is 24.2 Å². The average Bonchev–Trinajstić information content (AvgIpc) is 2.98. The van der Waals surface area contributed by atoms with Crippen molar-refractivity contribution in [3.63, 3.8) is 0 Å². The highest BCUT2D eigenvalue weighted by Gasteiger charge is 2.29. The fourth-order valence-corrected chi connectivity index (χ4v) is 2.74. The van der Waals surface area contributed by atoms with Gasteiger partial charge in [0.05, 0.1) is 21.6 Å². The molecule has 3 rings (SSSR count). The van der Waals surface area contributed by atoms with Crippen molar-refractivity contribution in [2.24, 2.45) is 7.05 Å². The highest BCUT2D eigenvalue weighted by molar-refractivity contribution is 6.30. The van der Waals surface area contributed by atoms with Crippen molar-refractivity contribution in [1.29, 1.82) is 0 Å². The molecule has 0 saturated carbocycles. The second-order valence-electron chi connectivity index (χ2n) is 6.15. The molecule has 1 aromatic heterocycles. The molecule has 2 aromatic carbocycles. The standard InChI is InChI=1S/C18H14ClN5O6/c1-10-17(24(28)29)16(21-22(10)2)18(25)20-12-7-13(23(26)27)9-15(8-12)30-14-5-3-11(19)4-6-14/h3-9H,1-2H3,(H,20,25). The number of hydrogen-bond donors (Lipinski definition) is 1. The van der Waals surface area contributed by atoms with Gasteiger partial charge in [-0.3, -0.25) is 29.7 Å². The first-order valence-corrected chi connectivity index (χ1v) is 8.75. The van der Waals surface area contributed by atoms with Crippen LogP contribution >= 0.6 is 11.6 Å². The Kier molecular flexibility index (Phi) is 5.65. The van der Waals surface area contributed by atoms with Gasteiger partial charge < -0.3 is 10.1 Å². The number of carbonyl (C=O) groups is 1. The number of ether oxygens (including phenoxy) is 1. The Bertz CT molecular complexity index is 1160. The van der Waals surface area contributed by atoms with Gasteiger partial charge in [0.1, 0.15) is 17.2 Å². The fourth-order valence-electron chi connectivity index (χ4n) is 2.62. The minimum Gasteiger partial charge on any atom is -0.457 e. The third kappa shape index (κ3) is 4.36. The van der Waals surface area contributed by atoms with E-state index in [1.54, 1.807) is 24.3 Å². The van der Waals surface area contributed by atoms with Crippen molar-refractivity contribution in [2.45, 2.75) is 6.92 Å². The summed E-state index contributed by atoms with van der Waals surface area (Å²) in [5, 5.41) is 29.3. The number of carbonyl (C=O) groups excluding carboxylic acids is 1. The van der Waals surface area contributed by atoms with E-state index in [1.807, 2.05) is 0 Å². The molecule has 0 spiro atoms. The Morgan fingerprint density at radius 3 is 2.37 bits per heavy atom. The number of non-ortho nitro benzene ring substituents is 1. The molecule has 0 bridgehead atoms. The van der Waals surface area contributed by atoms with Crippen LogP contribution in [-0.2, 0) is 7.05 Å². The van der Waals surface area contributed by atoms with Gasteiger partial charge >= 0.3 is 5.69 Å². The number of nitro benzene ring substituents is 1. The van der Waals surface area contributed by atoms with Crippen molar-refractivity contribution < 1.29 is 19.4 Å². The molecule has 0 fully saturated rings. The highest BCUT2D eigenvalue weighted by atomic mass is 35.5. The van der Waals surface area contributed by atoms with Crippen LogP contribution in [-0.4, -0.2) is 25.5 Å². The van der Waals surface area contributed by atoms with Gasteiger partial charge in [-0.25, -0.2) is 0 Å². The maximum Gasteiger partial charge on any atom is 0.322 e. The van der Waals surface area contributed by atoms with E-state index >= 15 is 0 Å². The molecule has 0 unspecified atom stereocenters. The zero-order valence-electron chi connectivity index (χ0n) is 15.7. The second kappa shape index (κ2) is 8.17. The van der Waals surface area contributed by atoms with E-state index in [1.165, 1.54) is 30.8 Å². The maximum absolute atomic E-state index is 12.6. The number of rotatable bonds is 6. The molecular weight excluding hydrogens is 418 g/mol. The number of aromatic nitrogens is 2. The quantitative estimate of drug-likeness (QED) is 0.454. The number of anilines is 1. The molecule has 0 radical (unpaired) electrons. The predicted molar refractivity (Wildman–Crippen MR) is 107 cm³/mol. The molecule has 1 N–H and O–H groups in total. The number of halogens is 1. The molecule has 0 atom stereocenters. The van der Waals surface area contributed by atoms with E-state index in [4.69, 9.17) is 16.3 Å². The number of nitrogens with zero attached hydrogens (tertiary/aromatic N) is 4. The molecular formula is C18H14ClN5O6. The summed E-state index contributed by atoms with van der Waals surface area (Å²) >= 11 is 5.82. The number of hydrogen-bond acceptors (Lipinski definition) is 7. The van der Waals surface area contributed by atoms with E-state index < -0.39 is 27.1 Å². The molecule has 0 saturated heterocycles. The number of aryl methyl sites for hydroxylation is 1. The third-order valence-electron chi connectivity index (χ3n) is 4.11. The van der Waals surface area contributed by atoms with Crippen LogP contribution < -0.4 is 10.1 Å². The Morgan fingerprint density at radius 2 is 1.77 bits per heavy atom. The summed E-state index contributed by atoms with van der Waals surface area (Å²) in [5.41, 5.74) is -1.00. The van der Waals surface area contributed by atoms with Crippen molar-refractivity contribution in [1.82, 2.24) is 9.78 Å². The summed E-state index contributed by atoms with van der Waals surface area (Å²) in [5.74, 6) is -0.440. The van der Waals surface area contributed by atoms with Gasteiger partial charge in [0.25, 0.3) is 11.6 Å². The number of nitro groups is 2. The van der Waals surface area contributed by atoms with Crippen LogP contribution in [0.3, 0.4) is 0 Å². The van der Waals surface area contributed by atoms with E-state index in [-0.39, 0.29) is 22.8 Å². The molecule has 154 valence electrons. The lowest BCUT2D eigenvalue weighted by Gasteiger charge is -2.09. The summed E-state index contributed by atoms with van der Waals surface area (Å²) in [4.78, 5) is 33.8. The zero-order chi connectivity index (χ0) is 22.0. The van der Waals surface area contributed by atoms with Crippen LogP contribution in [0.1, 0.15) is 16.2 Å². The van der Waals surface area contributed by atoms with Crippen LogP contribution in [0.2, 0.25) is 5.02 Å². The molecule has 0 aliphatic rings. The predicted octanol–water partition coefficient (Wildman–Crippen LogP) is 4.24. The summed E-state index contributed by atoms with van der Waals surface area (Å²) in [6.45, 7) is 1.45. The third-order valence-corrected chi connectivity index (χ3v) is 4.36.